The van der Waals surface area contributed by atoms with Crippen molar-refractivity contribution >= 4 is 17.9 Å². The number of carbonyl (C=O) groups is 1. The van der Waals surface area contributed by atoms with Crippen molar-refractivity contribution in [3.8, 4) is 5.75 Å². The minimum atomic E-state index is -0.284. The predicted molar refractivity (Wildman–Crippen MR) is 81.6 cm³/mol. The number of aromatic nitrogens is 2. The van der Waals surface area contributed by atoms with Gasteiger partial charge in [0.05, 0.1) is 13.7 Å². The highest BCUT2D eigenvalue weighted by atomic mass is 35.5. The van der Waals surface area contributed by atoms with Crippen LogP contribution in [-0.2, 0) is 6.54 Å². The van der Waals surface area contributed by atoms with Crippen LogP contribution in [0.1, 0.15) is 35.9 Å². The fourth-order valence-corrected chi connectivity index (χ4v) is 2.59. The number of carbonyl (C=O) groups excluding carboxylic acids is 1. The lowest BCUT2D eigenvalue weighted by Gasteiger charge is -2.06. The van der Waals surface area contributed by atoms with E-state index in [1.807, 2.05) is 38.1 Å². The highest BCUT2D eigenvalue weighted by Gasteiger charge is 2.19. The zero-order valence-electron chi connectivity index (χ0n) is 12.2. The molecule has 1 aromatic carbocycles. The Labute approximate surface area is 127 Å². The van der Waals surface area contributed by atoms with Gasteiger partial charge in [-0.25, -0.2) is 4.79 Å². The van der Waals surface area contributed by atoms with Crippen molar-refractivity contribution in [1.29, 1.82) is 0 Å². The van der Waals surface area contributed by atoms with Gasteiger partial charge in [-0.3, -0.25) is 13.9 Å². The van der Waals surface area contributed by atoms with E-state index in [1.54, 1.807) is 7.11 Å². The highest BCUT2D eigenvalue weighted by molar-refractivity contribution is 6.31. The van der Waals surface area contributed by atoms with E-state index in [1.165, 1.54) is 9.13 Å². The predicted octanol–water partition coefficient (Wildman–Crippen LogP) is 2.75. The first-order valence-electron chi connectivity index (χ1n) is 6.58. The Balaban J connectivity index is 2.45. The maximum atomic E-state index is 12.4. The van der Waals surface area contributed by atoms with Crippen LogP contribution in [0.15, 0.2) is 29.1 Å². The molecular formula is C15H17ClN2O3. The van der Waals surface area contributed by atoms with E-state index in [9.17, 15) is 9.59 Å². The molecule has 0 saturated carbocycles. The third-order valence-electron chi connectivity index (χ3n) is 3.28. The second-order valence-corrected chi connectivity index (χ2v) is 5.33. The zero-order valence-corrected chi connectivity index (χ0v) is 12.9. The van der Waals surface area contributed by atoms with Crippen molar-refractivity contribution in [3.05, 3.63) is 51.2 Å². The summed E-state index contributed by atoms with van der Waals surface area (Å²) in [6.45, 7) is 3.98. The van der Waals surface area contributed by atoms with Gasteiger partial charge in [0, 0.05) is 6.04 Å². The van der Waals surface area contributed by atoms with Gasteiger partial charge in [0.15, 0.2) is 6.29 Å². The summed E-state index contributed by atoms with van der Waals surface area (Å²) in [4.78, 5) is 23.6. The number of hydrogen-bond acceptors (Lipinski definition) is 3. The number of methoxy groups -OCH3 is 1. The maximum Gasteiger partial charge on any atom is 0.330 e. The van der Waals surface area contributed by atoms with Gasteiger partial charge in [-0.1, -0.05) is 23.7 Å². The van der Waals surface area contributed by atoms with Crippen molar-refractivity contribution in [2.75, 3.05) is 7.11 Å². The maximum absolute atomic E-state index is 12.4. The second kappa shape index (κ2) is 6.18. The summed E-state index contributed by atoms with van der Waals surface area (Å²) in [5, 5.41) is 0.179. The van der Waals surface area contributed by atoms with Crippen LogP contribution in [0.25, 0.3) is 0 Å². The molecule has 112 valence electrons. The van der Waals surface area contributed by atoms with Crippen molar-refractivity contribution in [2.45, 2.75) is 26.4 Å². The molecule has 21 heavy (non-hydrogen) atoms. The van der Waals surface area contributed by atoms with E-state index in [-0.39, 0.29) is 29.1 Å². The average Bonchev–Trinajstić information content (AvgIpc) is 2.70. The molecule has 0 N–H and O–H groups in total. The minimum Gasteiger partial charge on any atom is -0.497 e. The normalized spacial score (nSPS) is 10.9. The third-order valence-corrected chi connectivity index (χ3v) is 3.65. The Morgan fingerprint density at radius 2 is 1.90 bits per heavy atom. The van der Waals surface area contributed by atoms with Crippen LogP contribution in [0.5, 0.6) is 5.75 Å². The molecule has 1 heterocycles. The van der Waals surface area contributed by atoms with Gasteiger partial charge in [-0.2, -0.15) is 0 Å². The lowest BCUT2D eigenvalue weighted by Crippen LogP contribution is -2.26. The highest BCUT2D eigenvalue weighted by Crippen LogP contribution is 2.19. The summed E-state index contributed by atoms with van der Waals surface area (Å²) >= 11 is 6.13. The molecule has 1 aromatic heterocycles. The summed E-state index contributed by atoms with van der Waals surface area (Å²) in [7, 11) is 1.59. The van der Waals surface area contributed by atoms with E-state index in [0.717, 1.165) is 11.3 Å². The Morgan fingerprint density at radius 3 is 2.38 bits per heavy atom. The summed E-state index contributed by atoms with van der Waals surface area (Å²) in [6.07, 6.45) is 0.617. The van der Waals surface area contributed by atoms with Crippen LogP contribution in [0.4, 0.5) is 0 Å². The number of imidazole rings is 1. The largest absolute Gasteiger partial charge is 0.497 e. The summed E-state index contributed by atoms with van der Waals surface area (Å²) in [5.41, 5.74) is 0.803. The number of benzene rings is 1. The smallest absolute Gasteiger partial charge is 0.330 e. The topological polar surface area (TPSA) is 53.2 Å². The van der Waals surface area contributed by atoms with E-state index < -0.39 is 0 Å². The van der Waals surface area contributed by atoms with E-state index in [0.29, 0.717) is 6.29 Å². The number of aldehydes is 1. The van der Waals surface area contributed by atoms with Gasteiger partial charge in [-0.05, 0) is 31.5 Å². The SMILES string of the molecule is COc1ccc(Cn2c(C=O)c(Cl)n(C(C)C)c2=O)cc1. The fraction of sp³-hybridized carbons (Fsp3) is 0.333. The van der Waals surface area contributed by atoms with Crippen molar-refractivity contribution < 1.29 is 9.53 Å². The van der Waals surface area contributed by atoms with Crippen LogP contribution in [0.3, 0.4) is 0 Å². The molecule has 0 atom stereocenters. The van der Waals surface area contributed by atoms with Crippen molar-refractivity contribution in [2.24, 2.45) is 0 Å². The lowest BCUT2D eigenvalue weighted by atomic mass is 10.2. The molecule has 0 aliphatic rings. The fourth-order valence-electron chi connectivity index (χ4n) is 2.18. The molecule has 5 nitrogen and oxygen atoms in total. The molecule has 2 aromatic rings. The molecule has 2 rings (SSSR count). The first-order valence-corrected chi connectivity index (χ1v) is 6.96. The zero-order chi connectivity index (χ0) is 15.6. The summed E-state index contributed by atoms with van der Waals surface area (Å²) in [6, 6.07) is 7.20. The first-order chi connectivity index (χ1) is 9.99. The van der Waals surface area contributed by atoms with Crippen LogP contribution in [-0.4, -0.2) is 22.5 Å². The summed E-state index contributed by atoms with van der Waals surface area (Å²) in [5.74, 6) is 0.736. The van der Waals surface area contributed by atoms with E-state index in [2.05, 4.69) is 0 Å². The number of rotatable bonds is 5. The first kappa shape index (κ1) is 15.4. The Hall–Kier alpha value is -2.01. The van der Waals surface area contributed by atoms with Crippen molar-refractivity contribution in [3.63, 3.8) is 0 Å². The molecule has 0 bridgehead atoms. The van der Waals surface area contributed by atoms with E-state index in [4.69, 9.17) is 16.3 Å². The number of ether oxygens (including phenoxy) is 1. The van der Waals surface area contributed by atoms with Crippen LogP contribution in [0.2, 0.25) is 5.15 Å². The van der Waals surface area contributed by atoms with Gasteiger partial charge in [0.25, 0.3) is 0 Å². The lowest BCUT2D eigenvalue weighted by molar-refractivity contribution is 0.111. The van der Waals surface area contributed by atoms with Crippen molar-refractivity contribution in [1.82, 2.24) is 9.13 Å². The Morgan fingerprint density at radius 1 is 1.29 bits per heavy atom. The molecule has 0 aliphatic carbocycles. The number of halogens is 1. The molecule has 0 aliphatic heterocycles. The monoisotopic (exact) mass is 308 g/mol. The molecule has 0 radical (unpaired) electrons. The standard InChI is InChI=1S/C15H17ClN2O3/c1-10(2)18-14(16)13(9-19)17(15(18)20)8-11-4-6-12(21-3)7-5-11/h4-7,9-10H,8H2,1-3H3. The summed E-state index contributed by atoms with van der Waals surface area (Å²) < 4.78 is 7.89. The molecule has 0 spiro atoms. The van der Waals surface area contributed by atoms with Gasteiger partial charge < -0.3 is 4.74 Å². The molecule has 0 saturated heterocycles. The van der Waals surface area contributed by atoms with Crippen LogP contribution in [0, 0.1) is 0 Å². The Kier molecular flexibility index (Phi) is 4.53. The van der Waals surface area contributed by atoms with Gasteiger partial charge >= 0.3 is 5.69 Å². The molecular weight excluding hydrogens is 292 g/mol. The van der Waals surface area contributed by atoms with Gasteiger partial charge in [0.2, 0.25) is 0 Å². The van der Waals surface area contributed by atoms with Crippen LogP contribution < -0.4 is 10.4 Å². The second-order valence-electron chi connectivity index (χ2n) is 4.97. The van der Waals surface area contributed by atoms with E-state index >= 15 is 0 Å². The molecule has 0 unspecified atom stereocenters. The number of nitrogens with zero attached hydrogens (tertiary/aromatic N) is 2. The Bertz CT molecular complexity index is 699. The molecule has 6 heteroatoms. The average molecular weight is 309 g/mol. The number of hydrogen-bond donors (Lipinski definition) is 0. The minimum absolute atomic E-state index is 0.110. The van der Waals surface area contributed by atoms with Gasteiger partial charge in [-0.15, -0.1) is 0 Å². The molecule has 0 fully saturated rings. The van der Waals surface area contributed by atoms with Gasteiger partial charge in [0.1, 0.15) is 16.6 Å². The van der Waals surface area contributed by atoms with Crippen LogP contribution >= 0.6 is 11.6 Å². The molecule has 0 amide bonds. The third kappa shape index (κ3) is 2.88. The quantitative estimate of drug-likeness (QED) is 0.798.